The van der Waals surface area contributed by atoms with E-state index < -0.39 is 48.9 Å². The Morgan fingerprint density at radius 2 is 1.69 bits per heavy atom. The van der Waals surface area contributed by atoms with E-state index in [9.17, 15) is 31.1 Å². The summed E-state index contributed by atoms with van der Waals surface area (Å²) in [5.74, 6) is -1.32. The summed E-state index contributed by atoms with van der Waals surface area (Å²) >= 11 is 0. The van der Waals surface area contributed by atoms with Crippen LogP contribution >= 0.6 is 0 Å². The Hall–Kier alpha value is -1.21. The zero-order valence-corrected chi connectivity index (χ0v) is 7.71. The molecule has 0 aliphatic carbocycles. The summed E-state index contributed by atoms with van der Waals surface area (Å²) < 4.78 is 76.2. The Kier molecular flexibility index (Phi) is 3.20. The van der Waals surface area contributed by atoms with E-state index >= 15 is 0 Å². The van der Waals surface area contributed by atoms with E-state index in [-0.39, 0.29) is 0 Å². The molecule has 0 saturated carbocycles. The van der Waals surface area contributed by atoms with Crippen molar-refractivity contribution in [2.45, 2.75) is 25.2 Å². The first-order chi connectivity index (χ1) is 7.11. The zero-order valence-electron chi connectivity index (χ0n) is 7.71. The van der Waals surface area contributed by atoms with Crippen molar-refractivity contribution in [3.05, 3.63) is 11.1 Å². The van der Waals surface area contributed by atoms with Gasteiger partial charge >= 0.3 is 18.3 Å². The highest BCUT2D eigenvalue weighted by Crippen LogP contribution is 2.36. The van der Waals surface area contributed by atoms with Gasteiger partial charge < -0.3 is 4.74 Å². The number of carbonyl (C=O) groups excluding carboxylic acids is 1. The van der Waals surface area contributed by atoms with Gasteiger partial charge in [0.25, 0.3) is 0 Å². The SMILES string of the molecule is O=C1OCC(C(F)(F)F)=C1CCC(F)(F)F. The van der Waals surface area contributed by atoms with E-state index in [1.165, 1.54) is 0 Å². The van der Waals surface area contributed by atoms with E-state index in [1.54, 1.807) is 0 Å². The highest BCUT2D eigenvalue weighted by Gasteiger charge is 2.43. The number of cyclic esters (lactones) is 1. The highest BCUT2D eigenvalue weighted by atomic mass is 19.4. The quantitative estimate of drug-likeness (QED) is 0.554. The van der Waals surface area contributed by atoms with Crippen LogP contribution in [0.3, 0.4) is 0 Å². The van der Waals surface area contributed by atoms with Crippen LogP contribution in [-0.4, -0.2) is 24.9 Å². The Balaban J connectivity index is 2.84. The normalized spacial score (nSPS) is 18.0. The van der Waals surface area contributed by atoms with Crippen LogP contribution in [0.15, 0.2) is 11.1 Å². The molecule has 0 atom stereocenters. The topological polar surface area (TPSA) is 26.3 Å². The number of rotatable bonds is 2. The Labute approximate surface area is 85.9 Å². The lowest BCUT2D eigenvalue weighted by Gasteiger charge is -2.09. The van der Waals surface area contributed by atoms with Crippen LogP contribution < -0.4 is 0 Å². The van der Waals surface area contributed by atoms with Crippen LogP contribution in [0.2, 0.25) is 0 Å². The zero-order chi connectivity index (χ0) is 12.6. The highest BCUT2D eigenvalue weighted by molar-refractivity contribution is 5.92. The molecule has 1 aliphatic rings. The number of hydrogen-bond donors (Lipinski definition) is 0. The van der Waals surface area contributed by atoms with E-state index in [2.05, 4.69) is 4.74 Å². The van der Waals surface area contributed by atoms with Crippen LogP contribution in [0.5, 0.6) is 0 Å². The van der Waals surface area contributed by atoms with Crippen LogP contribution in [-0.2, 0) is 9.53 Å². The van der Waals surface area contributed by atoms with Crippen molar-refractivity contribution in [1.82, 2.24) is 0 Å². The van der Waals surface area contributed by atoms with Crippen molar-refractivity contribution in [2.24, 2.45) is 0 Å². The number of halogens is 6. The van der Waals surface area contributed by atoms with Crippen molar-refractivity contribution in [3.63, 3.8) is 0 Å². The van der Waals surface area contributed by atoms with E-state index in [1.807, 2.05) is 0 Å². The maximum absolute atomic E-state index is 12.2. The van der Waals surface area contributed by atoms with Gasteiger partial charge in [-0.2, -0.15) is 26.3 Å². The first-order valence-corrected chi connectivity index (χ1v) is 4.14. The van der Waals surface area contributed by atoms with Gasteiger partial charge in [0.05, 0.1) is 5.57 Å². The average molecular weight is 248 g/mol. The van der Waals surface area contributed by atoms with Crippen LogP contribution in [0.25, 0.3) is 0 Å². The maximum Gasteiger partial charge on any atom is 0.416 e. The van der Waals surface area contributed by atoms with Gasteiger partial charge in [0.2, 0.25) is 0 Å². The second-order valence-electron chi connectivity index (χ2n) is 3.15. The van der Waals surface area contributed by atoms with Crippen molar-refractivity contribution >= 4 is 5.97 Å². The van der Waals surface area contributed by atoms with Gasteiger partial charge in [0.15, 0.2) is 0 Å². The molecule has 0 radical (unpaired) electrons. The summed E-state index contributed by atoms with van der Waals surface area (Å²) in [4.78, 5) is 10.8. The van der Waals surface area contributed by atoms with E-state index in [0.29, 0.717) is 0 Å². The molecule has 2 nitrogen and oxygen atoms in total. The van der Waals surface area contributed by atoms with Crippen molar-refractivity contribution < 1.29 is 35.9 Å². The van der Waals surface area contributed by atoms with Crippen molar-refractivity contribution in [3.8, 4) is 0 Å². The molecule has 0 spiro atoms. The fourth-order valence-corrected chi connectivity index (χ4v) is 1.21. The second kappa shape index (κ2) is 3.99. The minimum atomic E-state index is -4.83. The molecule has 0 aromatic carbocycles. The first-order valence-electron chi connectivity index (χ1n) is 4.14. The summed E-state index contributed by atoms with van der Waals surface area (Å²) in [6.45, 7) is -1.00. The Bertz CT molecular complexity index is 324. The monoisotopic (exact) mass is 248 g/mol. The average Bonchev–Trinajstić information content (AvgIpc) is 2.41. The third-order valence-corrected chi connectivity index (χ3v) is 1.96. The first kappa shape index (κ1) is 12.9. The molecule has 0 N–H and O–H groups in total. The Morgan fingerprint density at radius 3 is 2.12 bits per heavy atom. The summed E-state index contributed by atoms with van der Waals surface area (Å²) in [5.41, 5.74) is -2.24. The molecule has 0 bridgehead atoms. The fraction of sp³-hybridized carbons (Fsp3) is 0.625. The van der Waals surface area contributed by atoms with Gasteiger partial charge in [-0.25, -0.2) is 4.79 Å². The lowest BCUT2D eigenvalue weighted by molar-refractivity contribution is -0.139. The molecule has 1 rings (SSSR count). The summed E-state index contributed by atoms with van der Waals surface area (Å²) in [5, 5.41) is 0. The third kappa shape index (κ3) is 3.14. The smallest absolute Gasteiger partial charge is 0.416 e. The molecule has 16 heavy (non-hydrogen) atoms. The number of alkyl halides is 6. The number of ether oxygens (including phenoxy) is 1. The minimum absolute atomic E-state index is 0.926. The van der Waals surface area contributed by atoms with E-state index in [4.69, 9.17) is 0 Å². The van der Waals surface area contributed by atoms with Gasteiger partial charge in [-0.05, 0) is 6.42 Å². The van der Waals surface area contributed by atoms with Crippen molar-refractivity contribution in [2.75, 3.05) is 6.61 Å². The van der Waals surface area contributed by atoms with Gasteiger partial charge in [0, 0.05) is 12.0 Å². The summed E-state index contributed by atoms with van der Waals surface area (Å²) in [6.07, 6.45) is -11.9. The molecule has 0 unspecified atom stereocenters. The van der Waals surface area contributed by atoms with Crippen LogP contribution in [0.4, 0.5) is 26.3 Å². The van der Waals surface area contributed by atoms with E-state index in [0.717, 1.165) is 0 Å². The van der Waals surface area contributed by atoms with Crippen molar-refractivity contribution in [1.29, 1.82) is 0 Å². The molecule has 1 aliphatic heterocycles. The maximum atomic E-state index is 12.2. The molecular formula is C8H6F6O2. The standard InChI is InChI=1S/C8H6F6O2/c9-7(10,11)2-1-4-5(8(12,13)14)3-16-6(4)15/h1-3H2. The van der Waals surface area contributed by atoms with Crippen LogP contribution in [0.1, 0.15) is 12.8 Å². The molecule has 0 aromatic rings. The van der Waals surface area contributed by atoms with Gasteiger partial charge in [-0.15, -0.1) is 0 Å². The molecule has 0 fully saturated rings. The molecular weight excluding hydrogens is 242 g/mol. The predicted octanol–water partition coefficient (Wildman–Crippen LogP) is 2.74. The van der Waals surface area contributed by atoms with Gasteiger partial charge in [0.1, 0.15) is 6.61 Å². The third-order valence-electron chi connectivity index (χ3n) is 1.96. The molecule has 0 amide bonds. The molecule has 0 aromatic heterocycles. The predicted molar refractivity (Wildman–Crippen MR) is 39.3 cm³/mol. The minimum Gasteiger partial charge on any atom is -0.457 e. The molecule has 1 heterocycles. The van der Waals surface area contributed by atoms with Gasteiger partial charge in [-0.1, -0.05) is 0 Å². The molecule has 92 valence electrons. The lowest BCUT2D eigenvalue weighted by Crippen LogP contribution is -2.16. The molecule has 8 heteroatoms. The summed E-state index contributed by atoms with van der Waals surface area (Å²) in [6, 6.07) is 0. The number of esters is 1. The molecule has 0 saturated heterocycles. The Morgan fingerprint density at radius 1 is 1.12 bits per heavy atom. The second-order valence-corrected chi connectivity index (χ2v) is 3.15. The number of hydrogen-bond acceptors (Lipinski definition) is 2. The lowest BCUT2D eigenvalue weighted by atomic mass is 10.1. The summed E-state index contributed by atoms with van der Waals surface area (Å²) in [7, 11) is 0. The fourth-order valence-electron chi connectivity index (χ4n) is 1.21. The largest absolute Gasteiger partial charge is 0.457 e. The number of carbonyl (C=O) groups is 1. The van der Waals surface area contributed by atoms with Gasteiger partial charge in [-0.3, -0.25) is 0 Å². The van der Waals surface area contributed by atoms with Crippen LogP contribution in [0, 0.1) is 0 Å².